The Morgan fingerprint density at radius 3 is 0.750 bits per heavy atom. The van der Waals surface area contributed by atoms with Crippen LogP contribution in [0.2, 0.25) is 0 Å². The first-order valence-electron chi connectivity index (χ1n) is 0. The second kappa shape index (κ2) is 25.2. The Balaban J connectivity index is 0. The molecule has 0 saturated carbocycles. The van der Waals surface area contributed by atoms with Crippen molar-refractivity contribution in [3.05, 3.63) is 0 Å². The standard InChI is InChI=1S/Ba.2H2O.O/h;2*1H2;/q+2;;;-2. The van der Waals surface area contributed by atoms with Gasteiger partial charge in [-0.1, -0.05) is 0 Å². The summed E-state index contributed by atoms with van der Waals surface area (Å²) in [5.74, 6) is 0. The van der Waals surface area contributed by atoms with E-state index in [1.807, 2.05) is 0 Å². The van der Waals surface area contributed by atoms with E-state index in [0.717, 1.165) is 0 Å². The molecule has 0 unspecified atom stereocenters. The van der Waals surface area contributed by atoms with Crippen LogP contribution in [0, 0.1) is 0 Å². The molecular formula is H4BaO3. The molecule has 4 N–H and O–H groups in total. The van der Waals surface area contributed by atoms with Crippen molar-refractivity contribution < 1.29 is 16.4 Å². The summed E-state index contributed by atoms with van der Waals surface area (Å²) in [4.78, 5) is 0. The smallest absolute Gasteiger partial charge is 2.00 e. The van der Waals surface area contributed by atoms with Crippen LogP contribution in [0.15, 0.2) is 0 Å². The van der Waals surface area contributed by atoms with E-state index in [9.17, 15) is 0 Å². The zero-order valence-electron chi connectivity index (χ0n) is 2.12. The second-order valence-corrected chi connectivity index (χ2v) is 0. The summed E-state index contributed by atoms with van der Waals surface area (Å²) in [5, 5.41) is 0. The molecule has 0 aliphatic heterocycles. The Bertz CT molecular complexity index is 3.25. The summed E-state index contributed by atoms with van der Waals surface area (Å²) in [6.45, 7) is 0. The normalized spacial score (nSPS) is 0. The molecule has 0 aliphatic carbocycles. The molecule has 3 nitrogen and oxygen atoms in total. The molecule has 4 heteroatoms. The SMILES string of the molecule is O.O.[Ba+2].[O-2]. The van der Waals surface area contributed by atoms with Gasteiger partial charge < -0.3 is 16.4 Å². The Morgan fingerprint density at radius 2 is 0.750 bits per heavy atom. The van der Waals surface area contributed by atoms with Crippen LogP contribution >= 0.6 is 0 Å². The van der Waals surface area contributed by atoms with Gasteiger partial charge in [-0.15, -0.1) is 0 Å². The van der Waals surface area contributed by atoms with Gasteiger partial charge in [-0.2, -0.15) is 0 Å². The van der Waals surface area contributed by atoms with Gasteiger partial charge in [-0.05, 0) is 0 Å². The van der Waals surface area contributed by atoms with Gasteiger partial charge in [0.2, 0.25) is 0 Å². The minimum atomic E-state index is 0. The average molecular weight is 189 g/mol. The number of hydrogen-bond donors (Lipinski definition) is 0. The maximum atomic E-state index is 0. The third-order valence-corrected chi connectivity index (χ3v) is 0. The minimum absolute atomic E-state index is 0. The fourth-order valence-corrected chi connectivity index (χ4v) is 0. The number of hydrogen-bond acceptors (Lipinski definition) is 0. The molecular weight excluding hydrogens is 185 g/mol. The van der Waals surface area contributed by atoms with Gasteiger partial charge in [0.25, 0.3) is 0 Å². The van der Waals surface area contributed by atoms with Crippen molar-refractivity contribution in [3.8, 4) is 0 Å². The van der Waals surface area contributed by atoms with Crippen molar-refractivity contribution in [2.45, 2.75) is 0 Å². The zero-order valence-corrected chi connectivity index (χ0v) is 6.56. The van der Waals surface area contributed by atoms with Gasteiger partial charge >= 0.3 is 48.9 Å². The van der Waals surface area contributed by atoms with Crippen LogP contribution in [0.5, 0.6) is 0 Å². The summed E-state index contributed by atoms with van der Waals surface area (Å²) in [7, 11) is 0. The predicted molar refractivity (Wildman–Crippen MR) is 13.7 cm³/mol. The van der Waals surface area contributed by atoms with Gasteiger partial charge in [0, 0.05) is 0 Å². The Morgan fingerprint density at radius 1 is 0.750 bits per heavy atom. The van der Waals surface area contributed by atoms with E-state index in [4.69, 9.17) is 0 Å². The van der Waals surface area contributed by atoms with E-state index in [-0.39, 0.29) is 65.3 Å². The largest absolute Gasteiger partial charge is 2.00 e. The van der Waals surface area contributed by atoms with Crippen molar-refractivity contribution in [1.82, 2.24) is 0 Å². The van der Waals surface area contributed by atoms with Gasteiger partial charge in [-0.25, -0.2) is 0 Å². The van der Waals surface area contributed by atoms with Gasteiger partial charge in [0.05, 0.1) is 0 Å². The van der Waals surface area contributed by atoms with Crippen LogP contribution < -0.4 is 0 Å². The Hall–Kier alpha value is 1.45. The third-order valence-electron chi connectivity index (χ3n) is 0. The molecule has 0 atom stereocenters. The fourth-order valence-electron chi connectivity index (χ4n) is 0. The number of rotatable bonds is 0. The van der Waals surface area contributed by atoms with E-state index in [1.54, 1.807) is 0 Å². The third kappa shape index (κ3) is 9.85. The molecule has 4 heavy (non-hydrogen) atoms. The summed E-state index contributed by atoms with van der Waals surface area (Å²) in [6, 6.07) is 0. The minimum Gasteiger partial charge on any atom is -2.00 e. The molecule has 0 aromatic rings. The zero-order chi connectivity index (χ0) is 0. The molecule has 0 aliphatic rings. The van der Waals surface area contributed by atoms with E-state index in [1.165, 1.54) is 0 Å². The second-order valence-electron chi connectivity index (χ2n) is 0. The molecule has 0 radical (unpaired) electrons. The van der Waals surface area contributed by atoms with Gasteiger partial charge in [-0.3, -0.25) is 0 Å². The first-order chi connectivity index (χ1) is 0. The van der Waals surface area contributed by atoms with E-state index in [0.29, 0.717) is 0 Å². The maximum Gasteiger partial charge on any atom is 2.00 e. The summed E-state index contributed by atoms with van der Waals surface area (Å²) in [6.07, 6.45) is 0. The van der Waals surface area contributed by atoms with E-state index >= 15 is 0 Å². The van der Waals surface area contributed by atoms with Gasteiger partial charge in [0.1, 0.15) is 0 Å². The topological polar surface area (TPSA) is 91.5 Å². The summed E-state index contributed by atoms with van der Waals surface area (Å²) >= 11 is 0. The first-order valence-corrected chi connectivity index (χ1v) is 0. The molecule has 0 aromatic carbocycles. The molecule has 0 spiro atoms. The van der Waals surface area contributed by atoms with Crippen LogP contribution in [-0.4, -0.2) is 59.8 Å². The van der Waals surface area contributed by atoms with Crippen LogP contribution in [-0.2, 0) is 5.48 Å². The van der Waals surface area contributed by atoms with Crippen molar-refractivity contribution in [1.29, 1.82) is 0 Å². The van der Waals surface area contributed by atoms with Crippen LogP contribution in [0.4, 0.5) is 0 Å². The molecule has 0 fully saturated rings. The quantitative estimate of drug-likeness (QED) is 0.389. The van der Waals surface area contributed by atoms with Crippen LogP contribution in [0.1, 0.15) is 0 Å². The van der Waals surface area contributed by atoms with Crippen LogP contribution in [0.3, 0.4) is 0 Å². The Kier molecular flexibility index (Phi) is 323. The van der Waals surface area contributed by atoms with Gasteiger partial charge in [0.15, 0.2) is 0 Å². The van der Waals surface area contributed by atoms with E-state index in [2.05, 4.69) is 0 Å². The molecule has 0 saturated heterocycles. The predicted octanol–water partition coefficient (Wildman–Crippen LogP) is -2.15. The van der Waals surface area contributed by atoms with Crippen molar-refractivity contribution in [2.75, 3.05) is 0 Å². The van der Waals surface area contributed by atoms with Crippen molar-refractivity contribution >= 4 is 48.9 Å². The monoisotopic (exact) mass is 190 g/mol. The molecule has 0 aromatic heterocycles. The molecule has 0 heterocycles. The molecule has 24 valence electrons. The average Bonchev–Trinajstić information content (AvgIpc) is 0. The van der Waals surface area contributed by atoms with Crippen LogP contribution in [0.25, 0.3) is 0 Å². The molecule has 0 rings (SSSR count). The summed E-state index contributed by atoms with van der Waals surface area (Å²) in [5.41, 5.74) is 0. The first kappa shape index (κ1) is 51.3. The fraction of sp³-hybridized carbons (Fsp3) is 0. The summed E-state index contributed by atoms with van der Waals surface area (Å²) < 4.78 is 0. The van der Waals surface area contributed by atoms with Crippen molar-refractivity contribution in [3.63, 3.8) is 0 Å². The molecule has 0 bridgehead atoms. The Labute approximate surface area is 64.4 Å². The van der Waals surface area contributed by atoms with Crippen molar-refractivity contribution in [2.24, 2.45) is 0 Å². The maximum absolute atomic E-state index is 0. The molecule has 0 amide bonds. The van der Waals surface area contributed by atoms with E-state index < -0.39 is 0 Å².